The first kappa shape index (κ1) is 12.7. The predicted octanol–water partition coefficient (Wildman–Crippen LogP) is 2.47. The van der Waals surface area contributed by atoms with Gasteiger partial charge in [-0.1, -0.05) is 29.8 Å². The minimum absolute atomic E-state index is 0.0829. The minimum atomic E-state index is -0.0829. The van der Waals surface area contributed by atoms with E-state index in [1.165, 1.54) is 11.1 Å². The Morgan fingerprint density at radius 1 is 1.20 bits per heavy atom. The molecule has 3 aromatic rings. The van der Waals surface area contributed by atoms with Gasteiger partial charge < -0.3 is 15.4 Å². The molecule has 0 aliphatic carbocycles. The molecule has 3 N–H and O–H groups in total. The lowest BCUT2D eigenvalue weighted by molar-refractivity contribution is 0.267. The largest absolute Gasteiger partial charge is 0.399 e. The number of hydrogen-bond donors (Lipinski definition) is 2. The summed E-state index contributed by atoms with van der Waals surface area (Å²) in [5.41, 5.74) is 10.7. The SMILES string of the molecule is Cc1cccc(Cn2c(CO)nc3cc(N)ccc32)c1. The summed E-state index contributed by atoms with van der Waals surface area (Å²) in [7, 11) is 0. The molecule has 0 aliphatic heterocycles. The molecule has 102 valence electrons. The first-order valence-electron chi connectivity index (χ1n) is 6.58. The summed E-state index contributed by atoms with van der Waals surface area (Å²) in [5, 5.41) is 9.51. The molecule has 0 atom stereocenters. The maximum Gasteiger partial charge on any atom is 0.136 e. The Kier molecular flexibility index (Phi) is 3.16. The molecule has 2 aromatic carbocycles. The van der Waals surface area contributed by atoms with Gasteiger partial charge in [-0.3, -0.25) is 0 Å². The maximum atomic E-state index is 9.51. The van der Waals surface area contributed by atoms with E-state index in [4.69, 9.17) is 5.73 Å². The Morgan fingerprint density at radius 3 is 2.80 bits per heavy atom. The van der Waals surface area contributed by atoms with Gasteiger partial charge in [0.1, 0.15) is 12.4 Å². The van der Waals surface area contributed by atoms with Crippen molar-refractivity contribution in [3.63, 3.8) is 0 Å². The van der Waals surface area contributed by atoms with Gasteiger partial charge in [-0.2, -0.15) is 0 Å². The third-order valence-corrected chi connectivity index (χ3v) is 3.42. The number of aliphatic hydroxyl groups is 1. The Balaban J connectivity index is 2.10. The van der Waals surface area contributed by atoms with Crippen LogP contribution in [0.1, 0.15) is 17.0 Å². The average molecular weight is 267 g/mol. The van der Waals surface area contributed by atoms with Crippen molar-refractivity contribution in [2.75, 3.05) is 5.73 Å². The number of hydrogen-bond acceptors (Lipinski definition) is 3. The fraction of sp³-hybridized carbons (Fsp3) is 0.188. The van der Waals surface area contributed by atoms with Gasteiger partial charge in [0.05, 0.1) is 11.0 Å². The molecular formula is C16H17N3O. The number of rotatable bonds is 3. The molecular weight excluding hydrogens is 250 g/mol. The highest BCUT2D eigenvalue weighted by atomic mass is 16.3. The summed E-state index contributed by atoms with van der Waals surface area (Å²) in [6.07, 6.45) is 0. The first-order chi connectivity index (χ1) is 9.67. The topological polar surface area (TPSA) is 64.1 Å². The predicted molar refractivity (Wildman–Crippen MR) is 80.3 cm³/mol. The van der Waals surface area contributed by atoms with Gasteiger partial charge in [0.2, 0.25) is 0 Å². The van der Waals surface area contributed by atoms with Crippen LogP contribution in [0.5, 0.6) is 0 Å². The normalized spacial score (nSPS) is 11.1. The third kappa shape index (κ3) is 2.26. The molecule has 20 heavy (non-hydrogen) atoms. The summed E-state index contributed by atoms with van der Waals surface area (Å²) in [6.45, 7) is 2.68. The Morgan fingerprint density at radius 2 is 2.05 bits per heavy atom. The second-order valence-corrected chi connectivity index (χ2v) is 5.01. The van der Waals surface area contributed by atoms with Crippen LogP contribution in [0.4, 0.5) is 5.69 Å². The van der Waals surface area contributed by atoms with E-state index in [0.717, 1.165) is 11.0 Å². The number of benzene rings is 2. The van der Waals surface area contributed by atoms with E-state index in [0.29, 0.717) is 18.1 Å². The Labute approximate surface area is 117 Å². The highest BCUT2D eigenvalue weighted by Crippen LogP contribution is 2.21. The molecule has 0 saturated heterocycles. The zero-order valence-corrected chi connectivity index (χ0v) is 11.4. The number of nitrogen functional groups attached to an aromatic ring is 1. The van der Waals surface area contributed by atoms with E-state index >= 15 is 0 Å². The van der Waals surface area contributed by atoms with Crippen molar-refractivity contribution in [2.24, 2.45) is 0 Å². The van der Waals surface area contributed by atoms with Crippen LogP contribution in [-0.4, -0.2) is 14.7 Å². The summed E-state index contributed by atoms with van der Waals surface area (Å²) in [6, 6.07) is 14.0. The van der Waals surface area contributed by atoms with Gasteiger partial charge >= 0.3 is 0 Å². The van der Waals surface area contributed by atoms with Crippen molar-refractivity contribution in [1.29, 1.82) is 0 Å². The third-order valence-electron chi connectivity index (χ3n) is 3.42. The molecule has 3 rings (SSSR count). The van der Waals surface area contributed by atoms with Gasteiger partial charge in [-0.05, 0) is 30.7 Å². The van der Waals surface area contributed by atoms with Crippen molar-refractivity contribution >= 4 is 16.7 Å². The van der Waals surface area contributed by atoms with Crippen LogP contribution < -0.4 is 5.73 Å². The van der Waals surface area contributed by atoms with Crippen molar-refractivity contribution in [2.45, 2.75) is 20.1 Å². The molecule has 1 heterocycles. The van der Waals surface area contributed by atoms with E-state index in [9.17, 15) is 5.11 Å². The average Bonchev–Trinajstić information content (AvgIpc) is 2.76. The second kappa shape index (κ2) is 4.98. The van der Waals surface area contributed by atoms with E-state index in [2.05, 4.69) is 30.1 Å². The van der Waals surface area contributed by atoms with E-state index in [1.807, 2.05) is 28.8 Å². The summed E-state index contributed by atoms with van der Waals surface area (Å²) in [5.74, 6) is 0.659. The van der Waals surface area contributed by atoms with Crippen molar-refractivity contribution in [3.8, 4) is 0 Å². The molecule has 0 amide bonds. The smallest absolute Gasteiger partial charge is 0.136 e. The molecule has 0 spiro atoms. The summed E-state index contributed by atoms with van der Waals surface area (Å²) >= 11 is 0. The monoisotopic (exact) mass is 267 g/mol. The van der Waals surface area contributed by atoms with Crippen LogP contribution in [0.25, 0.3) is 11.0 Å². The lowest BCUT2D eigenvalue weighted by Gasteiger charge is -2.08. The van der Waals surface area contributed by atoms with Gasteiger partial charge in [-0.25, -0.2) is 4.98 Å². The minimum Gasteiger partial charge on any atom is -0.399 e. The molecule has 0 saturated carbocycles. The number of nitrogens with two attached hydrogens (primary N) is 1. The van der Waals surface area contributed by atoms with Crippen molar-refractivity contribution in [1.82, 2.24) is 9.55 Å². The van der Waals surface area contributed by atoms with Crippen LogP contribution in [-0.2, 0) is 13.2 Å². The van der Waals surface area contributed by atoms with E-state index in [-0.39, 0.29) is 6.61 Å². The highest BCUT2D eigenvalue weighted by molar-refractivity contribution is 5.79. The number of nitrogens with zero attached hydrogens (tertiary/aromatic N) is 2. The number of imidazole rings is 1. The number of aryl methyl sites for hydroxylation is 1. The van der Waals surface area contributed by atoms with E-state index in [1.54, 1.807) is 0 Å². The van der Waals surface area contributed by atoms with Gasteiger partial charge in [-0.15, -0.1) is 0 Å². The zero-order chi connectivity index (χ0) is 14.1. The van der Waals surface area contributed by atoms with Crippen molar-refractivity contribution in [3.05, 3.63) is 59.4 Å². The van der Waals surface area contributed by atoms with Gasteiger partial charge in [0.25, 0.3) is 0 Å². The van der Waals surface area contributed by atoms with Crippen LogP contribution in [0, 0.1) is 6.92 Å². The fourth-order valence-corrected chi connectivity index (χ4v) is 2.49. The molecule has 0 fully saturated rings. The van der Waals surface area contributed by atoms with Crippen molar-refractivity contribution < 1.29 is 5.11 Å². The first-order valence-corrected chi connectivity index (χ1v) is 6.58. The standard InChI is InChI=1S/C16H17N3O/c1-11-3-2-4-12(7-11)9-19-15-6-5-13(17)8-14(15)18-16(19)10-20/h2-8,20H,9-10,17H2,1H3. The molecule has 0 aliphatic rings. The number of anilines is 1. The van der Waals surface area contributed by atoms with Crippen LogP contribution in [0.2, 0.25) is 0 Å². The van der Waals surface area contributed by atoms with Crippen LogP contribution >= 0.6 is 0 Å². The Bertz CT molecular complexity index is 762. The lowest BCUT2D eigenvalue weighted by Crippen LogP contribution is -2.05. The quantitative estimate of drug-likeness (QED) is 0.716. The van der Waals surface area contributed by atoms with E-state index < -0.39 is 0 Å². The number of aliphatic hydroxyl groups excluding tert-OH is 1. The molecule has 0 unspecified atom stereocenters. The van der Waals surface area contributed by atoms with Gasteiger partial charge in [0, 0.05) is 12.2 Å². The fourth-order valence-electron chi connectivity index (χ4n) is 2.49. The van der Waals surface area contributed by atoms with Gasteiger partial charge in [0.15, 0.2) is 0 Å². The summed E-state index contributed by atoms with van der Waals surface area (Å²) < 4.78 is 2.03. The number of aromatic nitrogens is 2. The molecule has 0 radical (unpaired) electrons. The zero-order valence-electron chi connectivity index (χ0n) is 11.4. The van der Waals surface area contributed by atoms with Crippen LogP contribution in [0.3, 0.4) is 0 Å². The highest BCUT2D eigenvalue weighted by Gasteiger charge is 2.10. The molecule has 1 aromatic heterocycles. The lowest BCUT2D eigenvalue weighted by atomic mass is 10.1. The molecule has 4 heteroatoms. The maximum absolute atomic E-state index is 9.51. The second-order valence-electron chi connectivity index (χ2n) is 5.01. The summed E-state index contributed by atoms with van der Waals surface area (Å²) in [4.78, 5) is 4.44. The Hall–Kier alpha value is -2.33. The molecule has 4 nitrogen and oxygen atoms in total. The number of fused-ring (bicyclic) bond motifs is 1. The molecule has 0 bridgehead atoms. The van der Waals surface area contributed by atoms with Crippen LogP contribution in [0.15, 0.2) is 42.5 Å².